The molecule has 4 heteroatoms. The monoisotopic (exact) mass is 398 g/mol. The van der Waals surface area contributed by atoms with Gasteiger partial charge in [-0.1, -0.05) is 66.7 Å². The lowest BCUT2D eigenvalue weighted by molar-refractivity contribution is 0.270. The first-order valence-corrected chi connectivity index (χ1v) is 10.2. The van der Waals surface area contributed by atoms with Gasteiger partial charge in [0.2, 0.25) is 0 Å². The minimum absolute atomic E-state index is 0.495. The van der Waals surface area contributed by atoms with Gasteiger partial charge in [0, 0.05) is 12.2 Å². The number of fused-ring (bicyclic) bond motifs is 1. The molecule has 0 fully saturated rings. The Labute approximate surface area is 177 Å². The third-order valence-corrected chi connectivity index (χ3v) is 4.87. The highest BCUT2D eigenvalue weighted by atomic mass is 16.5. The number of nitrogens with one attached hydrogen (secondary N) is 2. The molecule has 0 radical (unpaired) electrons. The third-order valence-electron chi connectivity index (χ3n) is 4.87. The fraction of sp³-hybridized carbons (Fsp3) is 0.154. The van der Waals surface area contributed by atoms with Crippen molar-refractivity contribution in [2.24, 2.45) is 0 Å². The normalized spacial score (nSPS) is 10.7. The van der Waals surface area contributed by atoms with Gasteiger partial charge in [-0.25, -0.2) is 5.43 Å². The van der Waals surface area contributed by atoms with E-state index >= 15 is 0 Å². The molecule has 4 nitrogen and oxygen atoms in total. The molecule has 0 unspecified atom stereocenters. The Morgan fingerprint density at radius 1 is 0.733 bits per heavy atom. The second kappa shape index (κ2) is 9.81. The number of benzene rings is 4. The van der Waals surface area contributed by atoms with Crippen LogP contribution in [0.25, 0.3) is 10.8 Å². The molecule has 0 bridgehead atoms. The molecule has 0 aliphatic rings. The summed E-state index contributed by atoms with van der Waals surface area (Å²) in [6.07, 6.45) is 0. The molecule has 4 aromatic carbocycles. The summed E-state index contributed by atoms with van der Waals surface area (Å²) in [5, 5.41) is 2.43. The molecule has 0 aliphatic carbocycles. The SMILES string of the molecule is CCOc1cc(CNNc2ccccc2)ccc1OCc1cccc2ccccc12. The molecule has 0 heterocycles. The minimum Gasteiger partial charge on any atom is -0.490 e. The number of hydrogen-bond donors (Lipinski definition) is 2. The maximum atomic E-state index is 6.15. The van der Waals surface area contributed by atoms with Gasteiger partial charge in [0.05, 0.1) is 6.61 Å². The van der Waals surface area contributed by atoms with E-state index < -0.39 is 0 Å². The molecule has 0 saturated carbocycles. The summed E-state index contributed by atoms with van der Waals surface area (Å²) in [6, 6.07) is 30.8. The Morgan fingerprint density at radius 3 is 2.40 bits per heavy atom. The zero-order valence-corrected chi connectivity index (χ0v) is 17.1. The lowest BCUT2D eigenvalue weighted by Crippen LogP contribution is -2.20. The van der Waals surface area contributed by atoms with Crippen LogP contribution >= 0.6 is 0 Å². The Bertz CT molecular complexity index is 1090. The van der Waals surface area contributed by atoms with Gasteiger partial charge in [-0.05, 0) is 53.1 Å². The average Bonchev–Trinajstić information content (AvgIpc) is 2.79. The molecule has 2 N–H and O–H groups in total. The maximum absolute atomic E-state index is 6.15. The number of rotatable bonds is 9. The molecular formula is C26H26N2O2. The summed E-state index contributed by atoms with van der Waals surface area (Å²) in [7, 11) is 0. The third kappa shape index (κ3) is 4.91. The number of anilines is 1. The van der Waals surface area contributed by atoms with E-state index in [0.717, 1.165) is 28.3 Å². The molecule has 0 aliphatic heterocycles. The lowest BCUT2D eigenvalue weighted by atomic mass is 10.1. The van der Waals surface area contributed by atoms with Crippen LogP contribution in [0.15, 0.2) is 91.0 Å². The van der Waals surface area contributed by atoms with Crippen LogP contribution in [-0.4, -0.2) is 6.61 Å². The van der Waals surface area contributed by atoms with E-state index in [0.29, 0.717) is 19.8 Å². The Balaban J connectivity index is 1.43. The predicted molar refractivity (Wildman–Crippen MR) is 123 cm³/mol. The zero-order valence-electron chi connectivity index (χ0n) is 17.1. The van der Waals surface area contributed by atoms with Crippen LogP contribution in [0.5, 0.6) is 11.5 Å². The van der Waals surface area contributed by atoms with Crippen LogP contribution in [0.2, 0.25) is 0 Å². The highest BCUT2D eigenvalue weighted by Crippen LogP contribution is 2.30. The number of para-hydroxylation sites is 1. The van der Waals surface area contributed by atoms with Crippen LogP contribution in [0.1, 0.15) is 18.1 Å². The molecule has 4 rings (SSSR count). The van der Waals surface area contributed by atoms with Crippen molar-refractivity contribution in [2.75, 3.05) is 12.0 Å². The van der Waals surface area contributed by atoms with E-state index in [1.165, 1.54) is 10.8 Å². The van der Waals surface area contributed by atoms with E-state index in [1.807, 2.05) is 49.4 Å². The van der Waals surface area contributed by atoms with Crippen LogP contribution in [0.4, 0.5) is 5.69 Å². The van der Waals surface area contributed by atoms with E-state index in [1.54, 1.807) is 0 Å². The molecule has 0 spiro atoms. The first-order valence-electron chi connectivity index (χ1n) is 10.2. The fourth-order valence-electron chi connectivity index (χ4n) is 3.39. The summed E-state index contributed by atoms with van der Waals surface area (Å²) in [5.74, 6) is 1.52. The van der Waals surface area contributed by atoms with Crippen molar-refractivity contribution in [1.29, 1.82) is 0 Å². The van der Waals surface area contributed by atoms with Gasteiger partial charge in [0.1, 0.15) is 6.61 Å². The quantitative estimate of drug-likeness (QED) is 0.343. The molecule has 0 saturated heterocycles. The van der Waals surface area contributed by atoms with Crippen molar-refractivity contribution < 1.29 is 9.47 Å². The van der Waals surface area contributed by atoms with E-state index in [4.69, 9.17) is 9.47 Å². The van der Waals surface area contributed by atoms with Gasteiger partial charge in [-0.15, -0.1) is 0 Å². The smallest absolute Gasteiger partial charge is 0.161 e. The summed E-state index contributed by atoms with van der Waals surface area (Å²) in [5.41, 5.74) is 9.74. The van der Waals surface area contributed by atoms with Gasteiger partial charge in [0.15, 0.2) is 11.5 Å². The highest BCUT2D eigenvalue weighted by molar-refractivity contribution is 5.85. The van der Waals surface area contributed by atoms with Crippen molar-refractivity contribution in [1.82, 2.24) is 5.43 Å². The van der Waals surface area contributed by atoms with Gasteiger partial charge in [-0.3, -0.25) is 0 Å². The van der Waals surface area contributed by atoms with E-state index in [2.05, 4.69) is 59.4 Å². The minimum atomic E-state index is 0.495. The van der Waals surface area contributed by atoms with Crippen molar-refractivity contribution in [3.8, 4) is 11.5 Å². The summed E-state index contributed by atoms with van der Waals surface area (Å²) in [4.78, 5) is 0. The second-order valence-corrected chi connectivity index (χ2v) is 6.99. The molecule has 152 valence electrons. The summed E-state index contributed by atoms with van der Waals surface area (Å²) < 4.78 is 12.0. The maximum Gasteiger partial charge on any atom is 0.161 e. The van der Waals surface area contributed by atoms with E-state index in [-0.39, 0.29) is 0 Å². The fourth-order valence-corrected chi connectivity index (χ4v) is 3.39. The van der Waals surface area contributed by atoms with Crippen molar-refractivity contribution in [3.63, 3.8) is 0 Å². The lowest BCUT2D eigenvalue weighted by Gasteiger charge is -2.15. The Morgan fingerprint density at radius 2 is 1.53 bits per heavy atom. The molecule has 0 aromatic heterocycles. The zero-order chi connectivity index (χ0) is 20.6. The Kier molecular flexibility index (Phi) is 6.47. The summed E-state index contributed by atoms with van der Waals surface area (Å²) >= 11 is 0. The first kappa shape index (κ1) is 19.8. The molecule has 4 aromatic rings. The second-order valence-electron chi connectivity index (χ2n) is 6.99. The van der Waals surface area contributed by atoms with Gasteiger partial charge < -0.3 is 14.9 Å². The standard InChI is InChI=1S/C26H26N2O2/c1-2-29-26-17-20(18-27-28-23-12-4-3-5-13-23)15-16-25(26)30-19-22-11-8-10-21-9-6-7-14-24(21)22/h3-17,27-28H,2,18-19H2,1H3. The van der Waals surface area contributed by atoms with Crippen LogP contribution < -0.4 is 20.3 Å². The molecule has 0 amide bonds. The predicted octanol–water partition coefficient (Wildman–Crippen LogP) is 5.93. The van der Waals surface area contributed by atoms with Crippen LogP contribution in [-0.2, 0) is 13.2 Å². The molecular weight excluding hydrogens is 372 g/mol. The number of hydrazine groups is 1. The molecule has 0 atom stereocenters. The largest absolute Gasteiger partial charge is 0.490 e. The highest BCUT2D eigenvalue weighted by Gasteiger charge is 2.08. The van der Waals surface area contributed by atoms with E-state index in [9.17, 15) is 0 Å². The summed E-state index contributed by atoms with van der Waals surface area (Å²) in [6.45, 7) is 3.73. The first-order chi connectivity index (χ1) is 14.8. The van der Waals surface area contributed by atoms with Gasteiger partial charge >= 0.3 is 0 Å². The Hall–Kier alpha value is -3.50. The number of hydrogen-bond acceptors (Lipinski definition) is 4. The van der Waals surface area contributed by atoms with Crippen molar-refractivity contribution >= 4 is 16.5 Å². The van der Waals surface area contributed by atoms with Gasteiger partial charge in [-0.2, -0.15) is 0 Å². The van der Waals surface area contributed by atoms with Crippen LogP contribution in [0, 0.1) is 0 Å². The molecule has 30 heavy (non-hydrogen) atoms. The number of ether oxygens (including phenoxy) is 2. The topological polar surface area (TPSA) is 42.5 Å². The van der Waals surface area contributed by atoms with Gasteiger partial charge in [0.25, 0.3) is 0 Å². The van der Waals surface area contributed by atoms with Crippen molar-refractivity contribution in [2.45, 2.75) is 20.1 Å². The van der Waals surface area contributed by atoms with Crippen molar-refractivity contribution in [3.05, 3.63) is 102 Å². The average molecular weight is 399 g/mol. The van der Waals surface area contributed by atoms with Crippen LogP contribution in [0.3, 0.4) is 0 Å².